The Morgan fingerprint density at radius 2 is 1.94 bits per heavy atom. The number of Topliss-reactive ketones (excluding diaryl/α,β-unsaturated/α-hetero) is 1. The molecule has 0 fully saturated rings. The van der Waals surface area contributed by atoms with Crippen LogP contribution in [0.15, 0.2) is 30.3 Å². The topological polar surface area (TPSA) is 35.5 Å². The lowest BCUT2D eigenvalue weighted by Crippen LogP contribution is -2.22. The summed E-state index contributed by atoms with van der Waals surface area (Å²) in [5.74, 6) is 0.945. The van der Waals surface area contributed by atoms with Crippen LogP contribution in [0.2, 0.25) is 0 Å². The van der Waals surface area contributed by atoms with E-state index in [-0.39, 0.29) is 11.9 Å². The summed E-state index contributed by atoms with van der Waals surface area (Å²) in [7, 11) is 0. The molecule has 3 heteroatoms. The molecule has 0 aromatic heterocycles. The number of para-hydroxylation sites is 1. The molecule has 0 N–H and O–H groups in total. The fraction of sp³-hybridized carbons (Fsp3) is 0.462. The smallest absolute Gasteiger partial charge is 0.160 e. The SMILES string of the molecule is CCC(=O)C(C)OCCOc1ccccc1. The van der Waals surface area contributed by atoms with Gasteiger partial charge in [0.25, 0.3) is 0 Å². The highest BCUT2D eigenvalue weighted by Gasteiger charge is 2.09. The highest BCUT2D eigenvalue weighted by molar-refractivity contribution is 5.82. The van der Waals surface area contributed by atoms with Gasteiger partial charge in [0.15, 0.2) is 5.78 Å². The van der Waals surface area contributed by atoms with Crippen LogP contribution in [-0.2, 0) is 9.53 Å². The van der Waals surface area contributed by atoms with Crippen molar-refractivity contribution in [2.24, 2.45) is 0 Å². The van der Waals surface area contributed by atoms with E-state index in [1.165, 1.54) is 0 Å². The van der Waals surface area contributed by atoms with Crippen molar-refractivity contribution in [3.05, 3.63) is 30.3 Å². The summed E-state index contributed by atoms with van der Waals surface area (Å²) in [5.41, 5.74) is 0. The van der Waals surface area contributed by atoms with Gasteiger partial charge in [-0.15, -0.1) is 0 Å². The normalized spacial score (nSPS) is 12.1. The third kappa shape index (κ3) is 4.45. The summed E-state index contributed by atoms with van der Waals surface area (Å²) >= 11 is 0. The number of ether oxygens (including phenoxy) is 2. The van der Waals surface area contributed by atoms with Crippen LogP contribution in [0.25, 0.3) is 0 Å². The summed E-state index contributed by atoms with van der Waals surface area (Å²) in [6.45, 7) is 4.50. The minimum absolute atomic E-state index is 0.125. The number of carbonyl (C=O) groups is 1. The van der Waals surface area contributed by atoms with Crippen LogP contribution < -0.4 is 4.74 Å². The molecule has 16 heavy (non-hydrogen) atoms. The van der Waals surface area contributed by atoms with Crippen LogP contribution in [-0.4, -0.2) is 25.1 Å². The van der Waals surface area contributed by atoms with E-state index >= 15 is 0 Å². The fourth-order valence-electron chi connectivity index (χ4n) is 1.28. The summed E-state index contributed by atoms with van der Waals surface area (Å²) in [5, 5.41) is 0. The lowest BCUT2D eigenvalue weighted by Gasteiger charge is -2.11. The Kier molecular flexibility index (Phi) is 5.57. The van der Waals surface area contributed by atoms with Crippen LogP contribution in [0.3, 0.4) is 0 Å². The van der Waals surface area contributed by atoms with Gasteiger partial charge < -0.3 is 9.47 Å². The van der Waals surface area contributed by atoms with E-state index in [1.807, 2.05) is 37.3 Å². The summed E-state index contributed by atoms with van der Waals surface area (Å²) in [6, 6.07) is 9.55. The third-order valence-electron chi connectivity index (χ3n) is 2.27. The van der Waals surface area contributed by atoms with Gasteiger partial charge in [0.1, 0.15) is 18.5 Å². The van der Waals surface area contributed by atoms with Crippen LogP contribution in [0.1, 0.15) is 20.3 Å². The Balaban J connectivity index is 2.15. The minimum Gasteiger partial charge on any atom is -0.491 e. The number of hydrogen-bond donors (Lipinski definition) is 0. The molecule has 0 aliphatic heterocycles. The molecule has 0 bridgehead atoms. The average Bonchev–Trinajstić information content (AvgIpc) is 2.34. The molecule has 0 saturated carbocycles. The van der Waals surface area contributed by atoms with Crippen molar-refractivity contribution in [3.8, 4) is 5.75 Å². The lowest BCUT2D eigenvalue weighted by atomic mass is 10.2. The maximum atomic E-state index is 11.2. The van der Waals surface area contributed by atoms with Crippen LogP contribution in [0, 0.1) is 0 Å². The van der Waals surface area contributed by atoms with Crippen LogP contribution >= 0.6 is 0 Å². The molecule has 0 aliphatic rings. The molecule has 0 amide bonds. The molecule has 0 heterocycles. The molecule has 1 rings (SSSR count). The van der Waals surface area contributed by atoms with Gasteiger partial charge in [-0.05, 0) is 19.1 Å². The van der Waals surface area contributed by atoms with Gasteiger partial charge in [-0.25, -0.2) is 0 Å². The van der Waals surface area contributed by atoms with E-state index in [0.717, 1.165) is 5.75 Å². The van der Waals surface area contributed by atoms with Gasteiger partial charge in [0.2, 0.25) is 0 Å². The maximum Gasteiger partial charge on any atom is 0.160 e. The molecule has 0 spiro atoms. The van der Waals surface area contributed by atoms with Crippen molar-refractivity contribution < 1.29 is 14.3 Å². The molecular weight excluding hydrogens is 204 g/mol. The third-order valence-corrected chi connectivity index (χ3v) is 2.27. The quantitative estimate of drug-likeness (QED) is 0.665. The zero-order chi connectivity index (χ0) is 11.8. The first-order chi connectivity index (χ1) is 7.74. The molecule has 0 aliphatic carbocycles. The summed E-state index contributed by atoms with van der Waals surface area (Å²) < 4.78 is 10.8. The van der Waals surface area contributed by atoms with Gasteiger partial charge in [-0.2, -0.15) is 0 Å². The molecule has 3 nitrogen and oxygen atoms in total. The molecule has 1 atom stereocenters. The van der Waals surface area contributed by atoms with Crippen molar-refractivity contribution in [3.63, 3.8) is 0 Å². The molecule has 1 unspecified atom stereocenters. The van der Waals surface area contributed by atoms with Crippen LogP contribution in [0.5, 0.6) is 5.75 Å². The number of ketones is 1. The number of rotatable bonds is 7. The standard InChI is InChI=1S/C13H18O3/c1-3-13(14)11(2)15-9-10-16-12-7-5-4-6-8-12/h4-8,11H,3,9-10H2,1-2H3. The van der Waals surface area contributed by atoms with Crippen molar-refractivity contribution in [1.29, 1.82) is 0 Å². The number of carbonyl (C=O) groups excluding carboxylic acids is 1. The molecule has 1 aromatic carbocycles. The first-order valence-electron chi connectivity index (χ1n) is 5.56. The first-order valence-corrected chi connectivity index (χ1v) is 5.56. The zero-order valence-electron chi connectivity index (χ0n) is 9.81. The van der Waals surface area contributed by atoms with Gasteiger partial charge in [-0.1, -0.05) is 25.1 Å². The van der Waals surface area contributed by atoms with E-state index in [0.29, 0.717) is 19.6 Å². The predicted octanol–water partition coefficient (Wildman–Crippen LogP) is 2.45. The van der Waals surface area contributed by atoms with E-state index in [1.54, 1.807) is 6.92 Å². The van der Waals surface area contributed by atoms with E-state index in [2.05, 4.69) is 0 Å². The largest absolute Gasteiger partial charge is 0.491 e. The second-order valence-electron chi connectivity index (χ2n) is 3.49. The van der Waals surface area contributed by atoms with Crippen LogP contribution in [0.4, 0.5) is 0 Å². The number of benzene rings is 1. The zero-order valence-corrected chi connectivity index (χ0v) is 9.81. The summed E-state index contributed by atoms with van der Waals surface area (Å²) in [4.78, 5) is 11.2. The molecule has 0 saturated heterocycles. The Morgan fingerprint density at radius 1 is 1.25 bits per heavy atom. The van der Waals surface area contributed by atoms with Gasteiger partial charge in [0.05, 0.1) is 6.61 Å². The fourth-order valence-corrected chi connectivity index (χ4v) is 1.28. The lowest BCUT2D eigenvalue weighted by molar-refractivity contribution is -0.129. The Bertz CT molecular complexity index is 308. The van der Waals surface area contributed by atoms with E-state index in [9.17, 15) is 4.79 Å². The Morgan fingerprint density at radius 3 is 2.56 bits per heavy atom. The second-order valence-corrected chi connectivity index (χ2v) is 3.49. The molecule has 1 aromatic rings. The maximum absolute atomic E-state index is 11.2. The first kappa shape index (κ1) is 12.7. The van der Waals surface area contributed by atoms with Crippen molar-refractivity contribution in [2.45, 2.75) is 26.4 Å². The minimum atomic E-state index is -0.329. The Labute approximate surface area is 96.4 Å². The van der Waals surface area contributed by atoms with E-state index < -0.39 is 0 Å². The van der Waals surface area contributed by atoms with Gasteiger partial charge in [0, 0.05) is 6.42 Å². The molecule has 88 valence electrons. The highest BCUT2D eigenvalue weighted by Crippen LogP contribution is 2.07. The van der Waals surface area contributed by atoms with Crippen molar-refractivity contribution >= 4 is 5.78 Å². The highest BCUT2D eigenvalue weighted by atomic mass is 16.5. The van der Waals surface area contributed by atoms with Crippen molar-refractivity contribution in [2.75, 3.05) is 13.2 Å². The summed E-state index contributed by atoms with van der Waals surface area (Å²) in [6.07, 6.45) is 0.185. The van der Waals surface area contributed by atoms with Crippen molar-refractivity contribution in [1.82, 2.24) is 0 Å². The molecule has 0 radical (unpaired) electrons. The van der Waals surface area contributed by atoms with E-state index in [4.69, 9.17) is 9.47 Å². The van der Waals surface area contributed by atoms with Gasteiger partial charge in [-0.3, -0.25) is 4.79 Å². The second kappa shape index (κ2) is 7.01. The molecular formula is C13H18O3. The predicted molar refractivity (Wildman–Crippen MR) is 62.6 cm³/mol. The number of hydrogen-bond acceptors (Lipinski definition) is 3. The average molecular weight is 222 g/mol. The monoisotopic (exact) mass is 222 g/mol. The Hall–Kier alpha value is -1.35. The van der Waals surface area contributed by atoms with Gasteiger partial charge >= 0.3 is 0 Å².